The number of carbonyl (C=O) groups is 1. The molecule has 2 heterocycles. The van der Waals surface area contributed by atoms with Crippen LogP contribution in [-0.2, 0) is 16.4 Å². The SMILES string of the molecule is C[C@@H](C(=O)Nc1ccc(Cl)cc1)[C@@H]1CC[C@@]23c4ccc(C(F)(F)F)nc4OC2C3C1. The number of anilines is 1. The second-order valence-electron chi connectivity index (χ2n) is 8.55. The molecule has 2 saturated carbocycles. The van der Waals surface area contributed by atoms with Crippen molar-refractivity contribution >= 4 is 23.2 Å². The van der Waals surface area contributed by atoms with Gasteiger partial charge in [-0.3, -0.25) is 4.79 Å². The third kappa shape index (κ3) is 2.97. The van der Waals surface area contributed by atoms with Gasteiger partial charge in [-0.1, -0.05) is 24.6 Å². The molecule has 5 atom stereocenters. The minimum Gasteiger partial charge on any atom is -0.473 e. The highest BCUT2D eigenvalue weighted by molar-refractivity contribution is 6.30. The molecule has 0 saturated heterocycles. The lowest BCUT2D eigenvalue weighted by molar-refractivity contribution is -0.141. The van der Waals surface area contributed by atoms with E-state index in [4.69, 9.17) is 16.3 Å². The molecule has 1 spiro atoms. The molecule has 0 radical (unpaired) electrons. The number of alkyl halides is 3. The van der Waals surface area contributed by atoms with Crippen molar-refractivity contribution in [2.75, 3.05) is 5.32 Å². The number of nitrogens with one attached hydrogen (secondary N) is 1. The number of fused-ring (bicyclic) bond motifs is 2. The minimum atomic E-state index is -4.48. The van der Waals surface area contributed by atoms with E-state index in [0.717, 1.165) is 30.9 Å². The van der Waals surface area contributed by atoms with Crippen molar-refractivity contribution in [3.05, 3.63) is 52.7 Å². The summed E-state index contributed by atoms with van der Waals surface area (Å²) in [5.74, 6) is 0.338. The number of ether oxygens (including phenoxy) is 1. The van der Waals surface area contributed by atoms with Gasteiger partial charge < -0.3 is 10.1 Å². The number of hydrogen-bond acceptors (Lipinski definition) is 3. The fraction of sp³-hybridized carbons (Fsp3) is 0.455. The van der Waals surface area contributed by atoms with Gasteiger partial charge in [0.2, 0.25) is 11.8 Å². The maximum Gasteiger partial charge on any atom is 0.433 e. The van der Waals surface area contributed by atoms with Crippen LogP contribution < -0.4 is 10.1 Å². The molecule has 4 nitrogen and oxygen atoms in total. The van der Waals surface area contributed by atoms with Crippen LogP contribution in [-0.4, -0.2) is 17.0 Å². The molecule has 1 aromatic carbocycles. The van der Waals surface area contributed by atoms with E-state index < -0.39 is 11.9 Å². The van der Waals surface area contributed by atoms with Gasteiger partial charge in [-0.25, -0.2) is 4.98 Å². The first kappa shape index (κ1) is 19.7. The van der Waals surface area contributed by atoms with Gasteiger partial charge in [0.1, 0.15) is 11.8 Å². The third-order valence-electron chi connectivity index (χ3n) is 7.03. The van der Waals surface area contributed by atoms with Crippen LogP contribution in [0, 0.1) is 17.8 Å². The molecule has 2 aromatic rings. The Morgan fingerprint density at radius 1 is 1.27 bits per heavy atom. The number of carbonyl (C=O) groups excluding carboxylic acids is 1. The lowest BCUT2D eigenvalue weighted by atomic mass is 9.74. The standard InChI is InChI=1S/C22H20ClF3N2O2/c1-11(19(29)27-14-4-2-13(23)3-5-14)12-8-9-21-15-6-7-17(22(24,25)26)28-20(15)30-18(21)16(21)10-12/h2-7,11-12,16,18H,8-10H2,1H3,(H,27,29)/t11-,12-,16?,18?,21+/m1/s1. The zero-order valence-electron chi connectivity index (χ0n) is 16.2. The molecular formula is C22H20ClF3N2O2. The normalized spacial score (nSPS) is 29.8. The van der Waals surface area contributed by atoms with E-state index in [0.29, 0.717) is 10.7 Å². The van der Waals surface area contributed by atoms with Gasteiger partial charge >= 0.3 is 6.18 Å². The number of amides is 1. The van der Waals surface area contributed by atoms with Gasteiger partial charge in [0.25, 0.3) is 0 Å². The smallest absolute Gasteiger partial charge is 0.433 e. The van der Waals surface area contributed by atoms with Crippen LogP contribution in [0.2, 0.25) is 5.02 Å². The summed E-state index contributed by atoms with van der Waals surface area (Å²) in [6.45, 7) is 1.93. The fourth-order valence-electron chi connectivity index (χ4n) is 5.31. The number of halogens is 4. The molecule has 8 heteroatoms. The summed E-state index contributed by atoms with van der Waals surface area (Å²) in [7, 11) is 0. The Kier molecular flexibility index (Phi) is 4.33. The van der Waals surface area contributed by atoms with Crippen LogP contribution in [0.4, 0.5) is 18.9 Å². The maximum atomic E-state index is 12.9. The van der Waals surface area contributed by atoms with Crippen LogP contribution in [0.3, 0.4) is 0 Å². The van der Waals surface area contributed by atoms with Crippen LogP contribution in [0.5, 0.6) is 5.88 Å². The first-order valence-corrected chi connectivity index (χ1v) is 10.4. The van der Waals surface area contributed by atoms with Crippen LogP contribution in [0.1, 0.15) is 37.4 Å². The fourth-order valence-corrected chi connectivity index (χ4v) is 5.43. The Balaban J connectivity index is 1.27. The average Bonchev–Trinajstić information content (AvgIpc) is 3.23. The number of aromatic nitrogens is 1. The first-order chi connectivity index (χ1) is 14.2. The highest BCUT2D eigenvalue weighted by Gasteiger charge is 2.73. The molecule has 2 unspecified atom stereocenters. The summed E-state index contributed by atoms with van der Waals surface area (Å²) in [5, 5.41) is 3.54. The second kappa shape index (κ2) is 6.61. The van der Waals surface area contributed by atoms with Crippen LogP contribution in [0.25, 0.3) is 0 Å². The van der Waals surface area contributed by atoms with Gasteiger partial charge in [0.05, 0.1) is 0 Å². The Labute approximate surface area is 176 Å². The molecule has 3 aliphatic rings. The van der Waals surface area contributed by atoms with E-state index in [9.17, 15) is 18.0 Å². The number of hydrogen-bond donors (Lipinski definition) is 1. The summed E-state index contributed by atoms with van der Waals surface area (Å²) < 4.78 is 44.6. The van der Waals surface area contributed by atoms with E-state index in [2.05, 4.69) is 10.3 Å². The summed E-state index contributed by atoms with van der Waals surface area (Å²) in [6, 6.07) is 9.56. The van der Waals surface area contributed by atoms with Gasteiger partial charge in [0, 0.05) is 33.5 Å². The van der Waals surface area contributed by atoms with Crippen LogP contribution in [0.15, 0.2) is 36.4 Å². The Bertz CT molecular complexity index is 1010. The van der Waals surface area contributed by atoms with Crippen molar-refractivity contribution in [2.45, 2.75) is 43.9 Å². The predicted octanol–water partition coefficient (Wildman–Crippen LogP) is 5.46. The average molecular weight is 437 g/mol. The molecule has 0 bridgehead atoms. The third-order valence-corrected chi connectivity index (χ3v) is 7.29. The number of benzene rings is 1. The summed E-state index contributed by atoms with van der Waals surface area (Å²) in [4.78, 5) is 16.4. The summed E-state index contributed by atoms with van der Waals surface area (Å²) in [5.41, 5.74) is 0.351. The van der Waals surface area contributed by atoms with E-state index in [1.165, 1.54) is 6.07 Å². The van der Waals surface area contributed by atoms with E-state index in [1.807, 2.05) is 6.92 Å². The molecule has 5 rings (SSSR count). The second-order valence-corrected chi connectivity index (χ2v) is 8.99. The molecule has 30 heavy (non-hydrogen) atoms. The maximum absolute atomic E-state index is 12.9. The molecule has 1 N–H and O–H groups in total. The van der Waals surface area contributed by atoms with E-state index in [-0.39, 0.29) is 41.1 Å². The highest BCUT2D eigenvalue weighted by Crippen LogP contribution is 2.70. The molecule has 1 aromatic heterocycles. The van der Waals surface area contributed by atoms with Crippen molar-refractivity contribution in [3.63, 3.8) is 0 Å². The lowest BCUT2D eigenvalue weighted by Gasteiger charge is -2.30. The minimum absolute atomic E-state index is 0.0399. The monoisotopic (exact) mass is 436 g/mol. The van der Waals surface area contributed by atoms with Gasteiger partial charge in [-0.15, -0.1) is 0 Å². The van der Waals surface area contributed by atoms with Crippen molar-refractivity contribution < 1.29 is 22.7 Å². The molecule has 2 fully saturated rings. The van der Waals surface area contributed by atoms with E-state index in [1.54, 1.807) is 24.3 Å². The Morgan fingerprint density at radius 3 is 2.70 bits per heavy atom. The Morgan fingerprint density at radius 2 is 2.00 bits per heavy atom. The zero-order chi connectivity index (χ0) is 21.3. The number of pyridine rings is 1. The van der Waals surface area contributed by atoms with E-state index >= 15 is 0 Å². The lowest BCUT2D eigenvalue weighted by Crippen LogP contribution is -2.31. The van der Waals surface area contributed by atoms with Crippen molar-refractivity contribution in [1.29, 1.82) is 0 Å². The topological polar surface area (TPSA) is 51.2 Å². The first-order valence-electron chi connectivity index (χ1n) is 10.0. The van der Waals surface area contributed by atoms with Crippen molar-refractivity contribution in [2.24, 2.45) is 17.8 Å². The predicted molar refractivity (Wildman–Crippen MR) is 105 cm³/mol. The largest absolute Gasteiger partial charge is 0.473 e. The molecule has 2 aliphatic carbocycles. The highest BCUT2D eigenvalue weighted by atomic mass is 35.5. The van der Waals surface area contributed by atoms with Crippen molar-refractivity contribution in [1.82, 2.24) is 4.98 Å². The van der Waals surface area contributed by atoms with Crippen LogP contribution >= 0.6 is 11.6 Å². The molecular weight excluding hydrogens is 417 g/mol. The quantitative estimate of drug-likeness (QED) is 0.695. The Hall–Kier alpha value is -2.28. The zero-order valence-corrected chi connectivity index (χ0v) is 16.9. The number of nitrogens with zero attached hydrogens (tertiary/aromatic N) is 1. The summed E-state index contributed by atoms with van der Waals surface area (Å²) >= 11 is 5.88. The van der Waals surface area contributed by atoms with Gasteiger partial charge in [-0.05, 0) is 55.5 Å². The molecule has 1 amide bonds. The molecule has 158 valence electrons. The van der Waals surface area contributed by atoms with Gasteiger partial charge in [-0.2, -0.15) is 13.2 Å². The number of rotatable bonds is 3. The summed E-state index contributed by atoms with van der Waals surface area (Å²) in [6.07, 6.45) is -2.16. The molecule has 1 aliphatic heterocycles. The van der Waals surface area contributed by atoms with Crippen molar-refractivity contribution in [3.8, 4) is 5.88 Å². The van der Waals surface area contributed by atoms with Gasteiger partial charge in [0.15, 0.2) is 0 Å².